The minimum absolute atomic E-state index is 0.380. The van der Waals surface area contributed by atoms with Gasteiger partial charge in [0.15, 0.2) is 11.5 Å². The first kappa shape index (κ1) is 22.7. The Kier molecular flexibility index (Phi) is 7.21. The van der Waals surface area contributed by atoms with Crippen molar-refractivity contribution in [3.63, 3.8) is 0 Å². The SMILES string of the molecule is COc1cc(/C=C\c2cc(OCOOP(=O)(O)O)c3ccoc3c2)cc(OC)c1OC. The Morgan fingerprint density at radius 3 is 2.13 bits per heavy atom. The smallest absolute Gasteiger partial charge is 0.493 e. The second-order valence-corrected chi connectivity index (χ2v) is 7.22. The Labute approximate surface area is 177 Å². The summed E-state index contributed by atoms with van der Waals surface area (Å²) >= 11 is 0. The number of methoxy groups -OCH3 is 3. The van der Waals surface area contributed by atoms with Crippen LogP contribution >= 0.6 is 7.82 Å². The van der Waals surface area contributed by atoms with Gasteiger partial charge in [0, 0.05) is 0 Å². The van der Waals surface area contributed by atoms with Gasteiger partial charge < -0.3 is 33.2 Å². The Hall–Kier alpha value is -3.01. The first-order chi connectivity index (χ1) is 14.8. The summed E-state index contributed by atoms with van der Waals surface area (Å²) in [6, 6.07) is 8.82. The van der Waals surface area contributed by atoms with E-state index in [0.29, 0.717) is 34.0 Å². The summed E-state index contributed by atoms with van der Waals surface area (Å²) in [7, 11) is -0.148. The highest BCUT2D eigenvalue weighted by atomic mass is 31.2. The molecule has 3 rings (SSSR count). The second kappa shape index (κ2) is 9.86. The molecule has 0 fully saturated rings. The molecule has 3 aromatic rings. The summed E-state index contributed by atoms with van der Waals surface area (Å²) in [6.45, 7) is -0.536. The molecule has 0 atom stereocenters. The average molecular weight is 452 g/mol. The lowest BCUT2D eigenvalue weighted by molar-refractivity contribution is -0.258. The molecule has 2 aromatic carbocycles. The van der Waals surface area contributed by atoms with Crippen LogP contribution in [0.2, 0.25) is 0 Å². The van der Waals surface area contributed by atoms with Crippen molar-refractivity contribution in [2.75, 3.05) is 28.1 Å². The van der Waals surface area contributed by atoms with Gasteiger partial charge in [-0.05, 0) is 41.5 Å². The van der Waals surface area contributed by atoms with Crippen LogP contribution in [0.4, 0.5) is 0 Å². The van der Waals surface area contributed by atoms with Crippen molar-refractivity contribution in [1.82, 2.24) is 0 Å². The zero-order chi connectivity index (χ0) is 22.4. The van der Waals surface area contributed by atoms with Crippen LogP contribution in [0.5, 0.6) is 23.0 Å². The van der Waals surface area contributed by atoms with Crippen molar-refractivity contribution >= 4 is 30.9 Å². The standard InChI is InChI=1S/C20H21O10P/c1-24-18-10-14(11-19(25-2)20(18)26-3)5-4-13-8-16-15(6-7-27-16)17(9-13)28-12-29-30-31(21,22)23/h4-11H,12H2,1-3H3,(H2,21,22,23)/b5-4-. The van der Waals surface area contributed by atoms with E-state index in [2.05, 4.69) is 9.56 Å². The maximum Gasteiger partial charge on any atom is 0.497 e. The molecule has 0 unspecified atom stereocenters. The van der Waals surface area contributed by atoms with Gasteiger partial charge >= 0.3 is 7.82 Å². The molecule has 31 heavy (non-hydrogen) atoms. The van der Waals surface area contributed by atoms with E-state index in [4.69, 9.17) is 33.2 Å². The third-order valence-electron chi connectivity index (χ3n) is 4.12. The molecule has 2 N–H and O–H groups in total. The predicted octanol–water partition coefficient (Wildman–Crippen LogP) is 4.01. The normalized spacial score (nSPS) is 11.8. The van der Waals surface area contributed by atoms with E-state index in [0.717, 1.165) is 11.1 Å². The maximum atomic E-state index is 10.7. The quantitative estimate of drug-likeness (QED) is 0.116. The van der Waals surface area contributed by atoms with Crippen LogP contribution in [-0.4, -0.2) is 37.9 Å². The number of ether oxygens (including phenoxy) is 4. The minimum atomic E-state index is -4.76. The van der Waals surface area contributed by atoms with Crippen molar-refractivity contribution in [1.29, 1.82) is 0 Å². The van der Waals surface area contributed by atoms with Crippen molar-refractivity contribution in [3.8, 4) is 23.0 Å². The molecule has 0 aliphatic carbocycles. The number of furan rings is 1. The summed E-state index contributed by atoms with van der Waals surface area (Å²) in [4.78, 5) is 21.7. The van der Waals surface area contributed by atoms with Crippen LogP contribution in [0, 0.1) is 0 Å². The van der Waals surface area contributed by atoms with Crippen LogP contribution in [0.25, 0.3) is 23.1 Å². The minimum Gasteiger partial charge on any atom is -0.493 e. The molecule has 0 bridgehead atoms. The van der Waals surface area contributed by atoms with Crippen molar-refractivity contribution in [3.05, 3.63) is 47.7 Å². The summed E-state index contributed by atoms with van der Waals surface area (Å²) in [5.74, 6) is 1.92. The summed E-state index contributed by atoms with van der Waals surface area (Å²) in [5, 5.41) is 0.657. The van der Waals surface area contributed by atoms with Crippen LogP contribution in [-0.2, 0) is 14.1 Å². The molecule has 10 nitrogen and oxygen atoms in total. The van der Waals surface area contributed by atoms with Gasteiger partial charge in [-0.25, -0.2) is 4.57 Å². The van der Waals surface area contributed by atoms with Gasteiger partial charge in [-0.2, -0.15) is 4.89 Å². The zero-order valence-corrected chi connectivity index (χ0v) is 17.8. The van der Waals surface area contributed by atoms with Crippen molar-refractivity contribution < 1.29 is 47.3 Å². The average Bonchev–Trinajstić information content (AvgIpc) is 3.22. The largest absolute Gasteiger partial charge is 0.497 e. The molecular formula is C20H21O10P. The van der Waals surface area contributed by atoms with Gasteiger partial charge in [-0.3, -0.25) is 0 Å². The number of fused-ring (bicyclic) bond motifs is 1. The molecule has 0 radical (unpaired) electrons. The molecule has 1 heterocycles. The third-order valence-corrected chi connectivity index (χ3v) is 4.42. The number of phosphoric acid groups is 1. The fraction of sp³-hybridized carbons (Fsp3) is 0.200. The van der Waals surface area contributed by atoms with Gasteiger partial charge in [0.2, 0.25) is 12.5 Å². The zero-order valence-electron chi connectivity index (χ0n) is 16.9. The molecule has 0 aliphatic heterocycles. The van der Waals surface area contributed by atoms with E-state index in [1.165, 1.54) is 27.6 Å². The fourth-order valence-corrected chi connectivity index (χ4v) is 3.02. The van der Waals surface area contributed by atoms with Crippen LogP contribution in [0.15, 0.2) is 41.0 Å². The Balaban J connectivity index is 1.85. The van der Waals surface area contributed by atoms with Gasteiger partial charge in [0.05, 0.1) is 33.0 Å². The van der Waals surface area contributed by atoms with Crippen molar-refractivity contribution in [2.24, 2.45) is 0 Å². The van der Waals surface area contributed by atoms with Crippen molar-refractivity contribution in [2.45, 2.75) is 0 Å². The van der Waals surface area contributed by atoms with E-state index in [1.54, 1.807) is 24.3 Å². The summed E-state index contributed by atoms with van der Waals surface area (Å²) in [6.07, 6.45) is 5.16. The van der Waals surface area contributed by atoms with Crippen LogP contribution < -0.4 is 18.9 Å². The van der Waals surface area contributed by atoms with Gasteiger partial charge in [-0.15, -0.1) is 4.67 Å². The Morgan fingerprint density at radius 2 is 1.55 bits per heavy atom. The number of hydrogen-bond donors (Lipinski definition) is 2. The van der Waals surface area contributed by atoms with E-state index in [1.807, 2.05) is 18.2 Å². The van der Waals surface area contributed by atoms with Gasteiger partial charge in [-0.1, -0.05) is 12.2 Å². The molecule has 11 heteroatoms. The predicted molar refractivity (Wildman–Crippen MR) is 111 cm³/mol. The highest BCUT2D eigenvalue weighted by Gasteiger charge is 2.16. The monoisotopic (exact) mass is 452 g/mol. The van der Waals surface area contributed by atoms with Crippen LogP contribution in [0.1, 0.15) is 11.1 Å². The highest BCUT2D eigenvalue weighted by molar-refractivity contribution is 7.46. The summed E-state index contributed by atoms with van der Waals surface area (Å²) < 4.78 is 41.5. The third kappa shape index (κ3) is 5.78. The number of hydrogen-bond acceptors (Lipinski definition) is 8. The van der Waals surface area contributed by atoms with E-state index in [-0.39, 0.29) is 0 Å². The molecular weight excluding hydrogens is 431 g/mol. The van der Waals surface area contributed by atoms with Gasteiger partial charge in [0.25, 0.3) is 0 Å². The maximum absolute atomic E-state index is 10.7. The molecule has 0 aliphatic rings. The molecule has 0 amide bonds. The Morgan fingerprint density at radius 1 is 0.935 bits per heavy atom. The van der Waals surface area contributed by atoms with Gasteiger partial charge in [0.1, 0.15) is 11.3 Å². The van der Waals surface area contributed by atoms with E-state index < -0.39 is 14.6 Å². The Bertz CT molecular complexity index is 1090. The fourth-order valence-electron chi connectivity index (χ4n) is 2.84. The lowest BCUT2D eigenvalue weighted by atomic mass is 10.1. The van der Waals surface area contributed by atoms with E-state index >= 15 is 0 Å². The summed E-state index contributed by atoms with van der Waals surface area (Å²) in [5.41, 5.74) is 2.09. The highest BCUT2D eigenvalue weighted by Crippen LogP contribution is 2.39. The number of benzene rings is 2. The molecule has 0 saturated carbocycles. The number of rotatable bonds is 10. The lowest BCUT2D eigenvalue weighted by Gasteiger charge is -2.13. The molecule has 0 spiro atoms. The van der Waals surface area contributed by atoms with E-state index in [9.17, 15) is 4.57 Å². The van der Waals surface area contributed by atoms with Crippen LogP contribution in [0.3, 0.4) is 0 Å². The molecule has 1 aromatic heterocycles. The lowest BCUT2D eigenvalue weighted by Crippen LogP contribution is -2.03. The topological polar surface area (TPSA) is 126 Å². The molecule has 0 saturated heterocycles. The second-order valence-electron chi connectivity index (χ2n) is 6.09. The first-order valence-electron chi connectivity index (χ1n) is 8.83. The first-order valence-corrected chi connectivity index (χ1v) is 10.4. The molecule has 166 valence electrons.